The number of aliphatic imine (C=N–C) groups is 1. The van der Waals surface area contributed by atoms with Crippen molar-refractivity contribution >= 4 is 11.9 Å². The summed E-state index contributed by atoms with van der Waals surface area (Å²) in [7, 11) is 1.91. The van der Waals surface area contributed by atoms with Crippen molar-refractivity contribution in [3.63, 3.8) is 0 Å². The van der Waals surface area contributed by atoms with Gasteiger partial charge in [0.25, 0.3) is 0 Å². The van der Waals surface area contributed by atoms with Gasteiger partial charge >= 0.3 is 0 Å². The van der Waals surface area contributed by atoms with Gasteiger partial charge in [0.15, 0.2) is 5.96 Å². The Labute approximate surface area is 145 Å². The molecule has 5 nitrogen and oxygen atoms in total. The van der Waals surface area contributed by atoms with E-state index in [4.69, 9.17) is 0 Å². The minimum Gasteiger partial charge on any atom is -0.353 e. The van der Waals surface area contributed by atoms with Crippen LogP contribution in [0.5, 0.6) is 0 Å². The predicted molar refractivity (Wildman–Crippen MR) is 99.2 cm³/mol. The molecule has 2 N–H and O–H groups in total. The van der Waals surface area contributed by atoms with Crippen molar-refractivity contribution in [3.8, 4) is 0 Å². The van der Waals surface area contributed by atoms with E-state index in [2.05, 4.69) is 39.9 Å². The fraction of sp³-hybridized carbons (Fsp3) is 0.579. The molecule has 24 heavy (non-hydrogen) atoms. The Balaban J connectivity index is 1.91. The molecule has 0 radical (unpaired) electrons. The SMILES string of the molecule is CCN=C(NC1CC1c1ccccc1)N(C)CC(=O)NC(C)(C)C. The van der Waals surface area contributed by atoms with E-state index in [-0.39, 0.29) is 11.4 Å². The van der Waals surface area contributed by atoms with Gasteiger partial charge in [-0.25, -0.2) is 0 Å². The number of nitrogens with one attached hydrogen (secondary N) is 2. The first-order chi connectivity index (χ1) is 11.3. The summed E-state index contributed by atoms with van der Waals surface area (Å²) in [5.74, 6) is 1.33. The normalized spacial score (nSPS) is 20.5. The van der Waals surface area contributed by atoms with Crippen LogP contribution in [-0.2, 0) is 4.79 Å². The maximum atomic E-state index is 12.1. The molecule has 2 unspecified atom stereocenters. The second kappa shape index (κ2) is 7.69. The Morgan fingerprint density at radius 2 is 1.96 bits per heavy atom. The molecule has 1 aliphatic rings. The Morgan fingerprint density at radius 1 is 1.29 bits per heavy atom. The van der Waals surface area contributed by atoms with Crippen molar-refractivity contribution in [2.75, 3.05) is 20.1 Å². The van der Waals surface area contributed by atoms with Crippen LogP contribution in [0.2, 0.25) is 0 Å². The molecular weight excluding hydrogens is 300 g/mol. The Kier molecular flexibility index (Phi) is 5.86. The van der Waals surface area contributed by atoms with Crippen LogP contribution in [-0.4, -0.2) is 48.5 Å². The highest BCUT2D eigenvalue weighted by Gasteiger charge is 2.39. The van der Waals surface area contributed by atoms with E-state index >= 15 is 0 Å². The largest absolute Gasteiger partial charge is 0.353 e. The van der Waals surface area contributed by atoms with Crippen LogP contribution in [0.15, 0.2) is 35.3 Å². The van der Waals surface area contributed by atoms with Gasteiger partial charge in [0.1, 0.15) is 0 Å². The molecule has 0 heterocycles. The molecule has 0 aromatic heterocycles. The summed E-state index contributed by atoms with van der Waals surface area (Å²) < 4.78 is 0. The zero-order valence-electron chi connectivity index (χ0n) is 15.5. The van der Waals surface area contributed by atoms with Crippen LogP contribution in [0.3, 0.4) is 0 Å². The lowest BCUT2D eigenvalue weighted by molar-refractivity contribution is -0.122. The molecular formula is C19H30N4O. The monoisotopic (exact) mass is 330 g/mol. The van der Waals surface area contributed by atoms with Crippen LogP contribution < -0.4 is 10.6 Å². The second-order valence-corrected chi connectivity index (χ2v) is 7.46. The number of benzene rings is 1. The number of carbonyl (C=O) groups is 1. The Morgan fingerprint density at radius 3 is 2.54 bits per heavy atom. The molecule has 1 aliphatic carbocycles. The lowest BCUT2D eigenvalue weighted by atomic mass is 10.1. The van der Waals surface area contributed by atoms with Crippen LogP contribution >= 0.6 is 0 Å². The maximum Gasteiger partial charge on any atom is 0.240 e. The Hall–Kier alpha value is -2.04. The molecule has 2 atom stereocenters. The van der Waals surface area contributed by atoms with E-state index in [9.17, 15) is 4.79 Å². The minimum atomic E-state index is -0.220. The highest BCUT2D eigenvalue weighted by Crippen LogP contribution is 2.40. The van der Waals surface area contributed by atoms with Gasteiger partial charge in [-0.3, -0.25) is 9.79 Å². The number of nitrogens with zero attached hydrogens (tertiary/aromatic N) is 2. The Bertz CT molecular complexity index is 577. The molecule has 2 rings (SSSR count). The molecule has 0 saturated heterocycles. The molecule has 0 spiro atoms. The van der Waals surface area contributed by atoms with E-state index in [0.717, 1.165) is 12.4 Å². The second-order valence-electron chi connectivity index (χ2n) is 7.46. The number of rotatable bonds is 5. The number of amides is 1. The molecule has 1 saturated carbocycles. The predicted octanol–water partition coefficient (Wildman–Crippen LogP) is 2.35. The van der Waals surface area contributed by atoms with Gasteiger partial charge in [0.2, 0.25) is 5.91 Å². The number of guanidine groups is 1. The van der Waals surface area contributed by atoms with E-state index in [1.165, 1.54) is 5.56 Å². The van der Waals surface area contributed by atoms with Gasteiger partial charge in [-0.1, -0.05) is 30.3 Å². The number of hydrogen-bond donors (Lipinski definition) is 2. The van der Waals surface area contributed by atoms with Crippen LogP contribution in [0.1, 0.15) is 45.6 Å². The third-order valence-electron chi connectivity index (χ3n) is 3.90. The maximum absolute atomic E-state index is 12.1. The van der Waals surface area contributed by atoms with Crippen molar-refractivity contribution in [2.24, 2.45) is 4.99 Å². The molecule has 1 fully saturated rings. The summed E-state index contributed by atoms with van der Waals surface area (Å²) >= 11 is 0. The number of carbonyl (C=O) groups excluding carboxylic acids is 1. The highest BCUT2D eigenvalue weighted by atomic mass is 16.2. The van der Waals surface area contributed by atoms with Gasteiger partial charge in [-0.05, 0) is 39.7 Å². The average molecular weight is 330 g/mol. The molecule has 1 aromatic carbocycles. The summed E-state index contributed by atoms with van der Waals surface area (Å²) in [6.45, 7) is 8.95. The summed E-state index contributed by atoms with van der Waals surface area (Å²) in [6.07, 6.45) is 1.11. The lowest BCUT2D eigenvalue weighted by Crippen LogP contribution is -2.49. The van der Waals surface area contributed by atoms with E-state index in [0.29, 0.717) is 25.0 Å². The van der Waals surface area contributed by atoms with E-state index in [1.807, 2.05) is 45.7 Å². The fourth-order valence-electron chi connectivity index (χ4n) is 2.76. The minimum absolute atomic E-state index is 0.00556. The molecule has 1 amide bonds. The average Bonchev–Trinajstić information content (AvgIpc) is 3.25. The first-order valence-corrected chi connectivity index (χ1v) is 8.68. The van der Waals surface area contributed by atoms with Crippen molar-refractivity contribution < 1.29 is 4.79 Å². The fourth-order valence-corrected chi connectivity index (χ4v) is 2.76. The summed E-state index contributed by atoms with van der Waals surface area (Å²) in [5.41, 5.74) is 1.14. The highest BCUT2D eigenvalue weighted by molar-refractivity contribution is 5.87. The van der Waals surface area contributed by atoms with Crippen molar-refractivity contribution in [1.29, 1.82) is 0 Å². The molecule has 5 heteroatoms. The molecule has 0 aliphatic heterocycles. The van der Waals surface area contributed by atoms with Gasteiger partial charge < -0.3 is 15.5 Å². The zero-order valence-corrected chi connectivity index (χ0v) is 15.5. The summed E-state index contributed by atoms with van der Waals surface area (Å²) in [6, 6.07) is 10.9. The number of likely N-dealkylation sites (N-methyl/N-ethyl adjacent to an activating group) is 1. The third-order valence-corrected chi connectivity index (χ3v) is 3.90. The lowest BCUT2D eigenvalue weighted by Gasteiger charge is -2.25. The topological polar surface area (TPSA) is 56.7 Å². The van der Waals surface area contributed by atoms with Gasteiger partial charge in [-0.2, -0.15) is 0 Å². The first kappa shape index (κ1) is 18.3. The van der Waals surface area contributed by atoms with Gasteiger partial charge in [-0.15, -0.1) is 0 Å². The van der Waals surface area contributed by atoms with Crippen LogP contribution in [0.4, 0.5) is 0 Å². The molecule has 1 aromatic rings. The van der Waals surface area contributed by atoms with Crippen molar-refractivity contribution in [2.45, 2.75) is 51.6 Å². The quantitative estimate of drug-likeness (QED) is 0.644. The first-order valence-electron chi connectivity index (χ1n) is 8.68. The van der Waals surface area contributed by atoms with Gasteiger partial charge in [0, 0.05) is 31.1 Å². The summed E-state index contributed by atoms with van der Waals surface area (Å²) in [4.78, 5) is 18.6. The third kappa shape index (κ3) is 5.55. The van der Waals surface area contributed by atoms with Crippen molar-refractivity contribution in [3.05, 3.63) is 35.9 Å². The van der Waals surface area contributed by atoms with Crippen LogP contribution in [0.25, 0.3) is 0 Å². The van der Waals surface area contributed by atoms with Crippen molar-refractivity contribution in [1.82, 2.24) is 15.5 Å². The van der Waals surface area contributed by atoms with E-state index < -0.39 is 0 Å². The smallest absolute Gasteiger partial charge is 0.240 e. The summed E-state index contributed by atoms with van der Waals surface area (Å²) in [5, 5.41) is 6.49. The number of hydrogen-bond acceptors (Lipinski definition) is 2. The van der Waals surface area contributed by atoms with E-state index in [1.54, 1.807) is 0 Å². The van der Waals surface area contributed by atoms with Gasteiger partial charge in [0.05, 0.1) is 6.54 Å². The molecule has 132 valence electrons. The standard InChI is InChI=1S/C19H30N4O/c1-6-20-18(23(5)13-17(24)22-19(2,3)4)21-16-12-15(16)14-10-8-7-9-11-14/h7-11,15-16H,6,12-13H2,1-5H3,(H,20,21)(H,22,24). The van der Waals surface area contributed by atoms with Crippen LogP contribution in [0, 0.1) is 0 Å². The zero-order chi connectivity index (χ0) is 17.7. The molecule has 0 bridgehead atoms.